The maximum Gasteiger partial charge on any atom is 0.252 e. The number of nitrogens with zero attached hydrogens (tertiary/aromatic N) is 1. The number of carbonyl (C=O) groups excluding carboxylic acids is 1. The molecular weight excluding hydrogens is 190 g/mol. The fourth-order valence-corrected chi connectivity index (χ4v) is 1.51. The first kappa shape index (κ1) is 11.7. The van der Waals surface area contributed by atoms with Crippen LogP contribution in [0.2, 0.25) is 0 Å². The van der Waals surface area contributed by atoms with E-state index in [1.54, 1.807) is 11.9 Å². The lowest BCUT2D eigenvalue weighted by molar-refractivity contribution is -0.121. The van der Waals surface area contributed by atoms with Gasteiger partial charge in [-0.25, -0.2) is 0 Å². The SMILES string of the molecule is COCC(=O)N(C)c1cc(C)cc(C)c1. The maximum absolute atomic E-state index is 11.6. The number of hydrogen-bond donors (Lipinski definition) is 0. The van der Waals surface area contributed by atoms with Gasteiger partial charge in [0.1, 0.15) is 6.61 Å². The monoisotopic (exact) mass is 207 g/mol. The lowest BCUT2D eigenvalue weighted by Crippen LogP contribution is -2.29. The van der Waals surface area contributed by atoms with E-state index in [2.05, 4.69) is 6.07 Å². The van der Waals surface area contributed by atoms with E-state index in [0.29, 0.717) is 0 Å². The number of benzene rings is 1. The molecule has 0 saturated carbocycles. The number of anilines is 1. The summed E-state index contributed by atoms with van der Waals surface area (Å²) in [6, 6.07) is 6.05. The summed E-state index contributed by atoms with van der Waals surface area (Å²) in [5.41, 5.74) is 3.22. The lowest BCUT2D eigenvalue weighted by atomic mass is 10.1. The standard InChI is InChI=1S/C12H17NO2/c1-9-5-10(2)7-11(6-9)13(3)12(14)8-15-4/h5-7H,8H2,1-4H3. The van der Waals surface area contributed by atoms with Crippen molar-refractivity contribution in [1.82, 2.24) is 0 Å². The van der Waals surface area contributed by atoms with Crippen LogP contribution in [0.1, 0.15) is 11.1 Å². The van der Waals surface area contributed by atoms with E-state index in [9.17, 15) is 4.79 Å². The van der Waals surface area contributed by atoms with Crippen LogP contribution in [0.5, 0.6) is 0 Å². The Balaban J connectivity index is 2.90. The number of methoxy groups -OCH3 is 1. The van der Waals surface area contributed by atoms with Gasteiger partial charge in [-0.3, -0.25) is 4.79 Å². The van der Waals surface area contributed by atoms with Gasteiger partial charge in [-0.2, -0.15) is 0 Å². The summed E-state index contributed by atoms with van der Waals surface area (Å²) in [5.74, 6) is -0.0394. The summed E-state index contributed by atoms with van der Waals surface area (Å²) in [6.45, 7) is 4.15. The molecule has 0 saturated heterocycles. The molecule has 3 heteroatoms. The van der Waals surface area contributed by atoms with Crippen LogP contribution in [0.4, 0.5) is 5.69 Å². The lowest BCUT2D eigenvalue weighted by Gasteiger charge is -2.18. The van der Waals surface area contributed by atoms with Gasteiger partial charge >= 0.3 is 0 Å². The molecule has 1 rings (SSSR count). The van der Waals surface area contributed by atoms with Crippen LogP contribution in [0.25, 0.3) is 0 Å². The van der Waals surface area contributed by atoms with Gasteiger partial charge in [0.15, 0.2) is 0 Å². The van der Waals surface area contributed by atoms with Crippen molar-refractivity contribution in [2.75, 3.05) is 25.7 Å². The Kier molecular flexibility index (Phi) is 3.86. The average molecular weight is 207 g/mol. The van der Waals surface area contributed by atoms with E-state index in [1.165, 1.54) is 7.11 Å². The van der Waals surface area contributed by atoms with E-state index in [0.717, 1.165) is 16.8 Å². The predicted molar refractivity (Wildman–Crippen MR) is 61.2 cm³/mol. The van der Waals surface area contributed by atoms with Crippen molar-refractivity contribution < 1.29 is 9.53 Å². The summed E-state index contributed by atoms with van der Waals surface area (Å²) >= 11 is 0. The summed E-state index contributed by atoms with van der Waals surface area (Å²) in [6.07, 6.45) is 0. The van der Waals surface area contributed by atoms with Crippen LogP contribution < -0.4 is 4.90 Å². The predicted octanol–water partition coefficient (Wildman–Crippen LogP) is 1.91. The number of carbonyl (C=O) groups is 1. The van der Waals surface area contributed by atoms with Crippen LogP contribution in [0, 0.1) is 13.8 Å². The molecule has 15 heavy (non-hydrogen) atoms. The molecule has 0 unspecified atom stereocenters. The second kappa shape index (κ2) is 4.94. The normalized spacial score (nSPS) is 10.1. The molecule has 0 radical (unpaired) electrons. The molecule has 1 aromatic carbocycles. The van der Waals surface area contributed by atoms with Crippen molar-refractivity contribution in [3.05, 3.63) is 29.3 Å². The molecular formula is C12H17NO2. The molecule has 0 fully saturated rings. The van der Waals surface area contributed by atoms with E-state index in [1.807, 2.05) is 26.0 Å². The second-order valence-corrected chi connectivity index (χ2v) is 3.73. The average Bonchev–Trinajstić information content (AvgIpc) is 2.15. The van der Waals surface area contributed by atoms with Crippen molar-refractivity contribution in [3.8, 4) is 0 Å². The number of aryl methyl sites for hydroxylation is 2. The van der Waals surface area contributed by atoms with Crippen LogP contribution >= 0.6 is 0 Å². The molecule has 0 aliphatic heterocycles. The number of rotatable bonds is 3. The Morgan fingerprint density at radius 3 is 2.27 bits per heavy atom. The van der Waals surface area contributed by atoms with Crippen LogP contribution in [0.15, 0.2) is 18.2 Å². The fourth-order valence-electron chi connectivity index (χ4n) is 1.51. The van der Waals surface area contributed by atoms with Gasteiger partial charge in [0.05, 0.1) is 0 Å². The first-order valence-electron chi connectivity index (χ1n) is 4.88. The zero-order valence-corrected chi connectivity index (χ0v) is 9.70. The molecule has 0 aliphatic carbocycles. The minimum absolute atomic E-state index is 0.0394. The zero-order valence-electron chi connectivity index (χ0n) is 9.70. The molecule has 1 aromatic rings. The molecule has 0 aromatic heterocycles. The topological polar surface area (TPSA) is 29.5 Å². The summed E-state index contributed by atoms with van der Waals surface area (Å²) in [5, 5.41) is 0. The Morgan fingerprint density at radius 1 is 1.27 bits per heavy atom. The van der Waals surface area contributed by atoms with Crippen molar-refractivity contribution in [1.29, 1.82) is 0 Å². The van der Waals surface area contributed by atoms with Crippen molar-refractivity contribution in [2.45, 2.75) is 13.8 Å². The molecule has 0 bridgehead atoms. The largest absolute Gasteiger partial charge is 0.375 e. The molecule has 3 nitrogen and oxygen atoms in total. The molecule has 0 atom stereocenters. The van der Waals surface area contributed by atoms with E-state index in [4.69, 9.17) is 4.74 Å². The third kappa shape index (κ3) is 3.06. The molecule has 1 amide bonds. The highest BCUT2D eigenvalue weighted by Crippen LogP contribution is 2.17. The molecule has 0 heterocycles. The van der Waals surface area contributed by atoms with Crippen molar-refractivity contribution >= 4 is 11.6 Å². The van der Waals surface area contributed by atoms with Gasteiger partial charge in [-0.1, -0.05) is 6.07 Å². The quantitative estimate of drug-likeness (QED) is 0.757. The van der Waals surface area contributed by atoms with Crippen LogP contribution in [-0.4, -0.2) is 26.7 Å². The van der Waals surface area contributed by atoms with Crippen molar-refractivity contribution in [2.24, 2.45) is 0 Å². The van der Waals surface area contributed by atoms with Gasteiger partial charge in [0.25, 0.3) is 5.91 Å². The third-order valence-electron chi connectivity index (χ3n) is 2.24. The molecule has 0 N–H and O–H groups in total. The Bertz CT molecular complexity index is 340. The summed E-state index contributed by atoms with van der Waals surface area (Å²) in [7, 11) is 3.28. The maximum atomic E-state index is 11.6. The Labute approximate surface area is 90.7 Å². The van der Waals surface area contributed by atoms with E-state index < -0.39 is 0 Å². The fraction of sp³-hybridized carbons (Fsp3) is 0.417. The smallest absolute Gasteiger partial charge is 0.252 e. The van der Waals surface area contributed by atoms with Gasteiger partial charge in [0, 0.05) is 19.8 Å². The van der Waals surface area contributed by atoms with Crippen LogP contribution in [-0.2, 0) is 9.53 Å². The van der Waals surface area contributed by atoms with Gasteiger partial charge in [0.2, 0.25) is 0 Å². The number of hydrogen-bond acceptors (Lipinski definition) is 2. The Hall–Kier alpha value is -1.35. The number of amides is 1. The Morgan fingerprint density at radius 2 is 1.80 bits per heavy atom. The summed E-state index contributed by atoms with van der Waals surface area (Å²) in [4.78, 5) is 13.2. The van der Waals surface area contributed by atoms with E-state index >= 15 is 0 Å². The first-order chi connectivity index (χ1) is 7.04. The number of likely N-dealkylation sites (N-methyl/N-ethyl adjacent to an activating group) is 1. The highest BCUT2D eigenvalue weighted by molar-refractivity contribution is 5.93. The number of ether oxygens (including phenoxy) is 1. The van der Waals surface area contributed by atoms with Gasteiger partial charge < -0.3 is 9.64 Å². The molecule has 82 valence electrons. The highest BCUT2D eigenvalue weighted by atomic mass is 16.5. The second-order valence-electron chi connectivity index (χ2n) is 3.73. The molecule has 0 spiro atoms. The van der Waals surface area contributed by atoms with Crippen LogP contribution in [0.3, 0.4) is 0 Å². The molecule has 0 aliphatic rings. The first-order valence-corrected chi connectivity index (χ1v) is 4.88. The minimum Gasteiger partial charge on any atom is -0.375 e. The van der Waals surface area contributed by atoms with E-state index in [-0.39, 0.29) is 12.5 Å². The van der Waals surface area contributed by atoms with Crippen molar-refractivity contribution in [3.63, 3.8) is 0 Å². The van der Waals surface area contributed by atoms with Gasteiger partial charge in [-0.15, -0.1) is 0 Å². The highest BCUT2D eigenvalue weighted by Gasteiger charge is 2.10. The van der Waals surface area contributed by atoms with Gasteiger partial charge in [-0.05, 0) is 37.1 Å². The third-order valence-corrected chi connectivity index (χ3v) is 2.24. The zero-order chi connectivity index (χ0) is 11.4. The minimum atomic E-state index is -0.0394. The summed E-state index contributed by atoms with van der Waals surface area (Å²) < 4.78 is 4.82.